The summed E-state index contributed by atoms with van der Waals surface area (Å²) in [5.74, 6) is 0. The second-order valence-corrected chi connectivity index (χ2v) is 2.77. The summed E-state index contributed by atoms with van der Waals surface area (Å²) in [7, 11) is 0. The number of hydrogen-bond donors (Lipinski definition) is 0. The Kier molecular flexibility index (Phi) is 1.45. The van der Waals surface area contributed by atoms with Gasteiger partial charge in [0.1, 0.15) is 12.3 Å². The van der Waals surface area contributed by atoms with E-state index in [1.165, 1.54) is 0 Å². The summed E-state index contributed by atoms with van der Waals surface area (Å²) < 4.78 is 1.72. The summed E-state index contributed by atoms with van der Waals surface area (Å²) in [5.41, 5.74) is 1.08. The number of nitrogens with zero attached hydrogens (tertiary/aromatic N) is 3. The van der Waals surface area contributed by atoms with Crippen LogP contribution in [-0.4, -0.2) is 21.3 Å². The van der Waals surface area contributed by atoms with Gasteiger partial charge in [0.05, 0.1) is 11.9 Å². The van der Waals surface area contributed by atoms with Crippen molar-refractivity contribution in [2.24, 2.45) is 0 Å². The Morgan fingerprint density at radius 2 is 2.64 bits per heavy atom. The van der Waals surface area contributed by atoms with Gasteiger partial charge in [-0.1, -0.05) is 5.21 Å². The third-order valence-corrected chi connectivity index (χ3v) is 2.05. The summed E-state index contributed by atoms with van der Waals surface area (Å²) in [6.45, 7) is 0. The molecular formula is C7H9N3O. The molecule has 11 heavy (non-hydrogen) atoms. The van der Waals surface area contributed by atoms with E-state index in [9.17, 15) is 4.79 Å². The molecule has 0 fully saturated rings. The second kappa shape index (κ2) is 2.45. The molecule has 0 amide bonds. The lowest BCUT2D eigenvalue weighted by molar-refractivity contribution is -0.111. The molecule has 1 atom stereocenters. The van der Waals surface area contributed by atoms with Crippen LogP contribution in [0.1, 0.15) is 24.6 Å². The highest BCUT2D eigenvalue weighted by Crippen LogP contribution is 2.20. The van der Waals surface area contributed by atoms with Gasteiger partial charge in [-0.05, 0) is 19.3 Å². The van der Waals surface area contributed by atoms with Crippen molar-refractivity contribution in [2.45, 2.75) is 25.3 Å². The Balaban J connectivity index is 2.39. The fourth-order valence-electron chi connectivity index (χ4n) is 1.46. The highest BCUT2D eigenvalue weighted by molar-refractivity contribution is 5.56. The summed E-state index contributed by atoms with van der Waals surface area (Å²) >= 11 is 0. The molecule has 58 valence electrons. The molecule has 2 rings (SSSR count). The van der Waals surface area contributed by atoms with E-state index in [4.69, 9.17) is 0 Å². The van der Waals surface area contributed by atoms with Crippen molar-refractivity contribution in [3.05, 3.63) is 11.9 Å². The molecule has 1 aromatic heterocycles. The SMILES string of the molecule is O=CC1CCCc2cnnn21. The van der Waals surface area contributed by atoms with Gasteiger partial charge < -0.3 is 4.79 Å². The molecule has 0 saturated carbocycles. The van der Waals surface area contributed by atoms with Crippen LogP contribution in [0, 0.1) is 0 Å². The van der Waals surface area contributed by atoms with E-state index >= 15 is 0 Å². The number of aromatic nitrogens is 3. The zero-order chi connectivity index (χ0) is 7.68. The first-order chi connectivity index (χ1) is 5.42. The second-order valence-electron chi connectivity index (χ2n) is 2.77. The van der Waals surface area contributed by atoms with Crippen LogP contribution in [0.2, 0.25) is 0 Å². The molecule has 0 saturated heterocycles. The van der Waals surface area contributed by atoms with Crippen LogP contribution in [0.5, 0.6) is 0 Å². The Bertz CT molecular complexity index is 268. The number of aldehydes is 1. The lowest BCUT2D eigenvalue weighted by Gasteiger charge is -2.17. The van der Waals surface area contributed by atoms with Gasteiger partial charge in [-0.2, -0.15) is 0 Å². The third kappa shape index (κ3) is 0.943. The summed E-state index contributed by atoms with van der Waals surface area (Å²) in [4.78, 5) is 10.5. The van der Waals surface area contributed by atoms with Gasteiger partial charge in [0.25, 0.3) is 0 Å². The highest BCUT2D eigenvalue weighted by atomic mass is 16.1. The molecule has 0 radical (unpaired) electrons. The lowest BCUT2D eigenvalue weighted by atomic mass is 10.1. The topological polar surface area (TPSA) is 47.8 Å². The summed E-state index contributed by atoms with van der Waals surface area (Å²) in [6, 6.07) is -0.0683. The number of carbonyl (C=O) groups is 1. The Labute approximate surface area is 64.2 Å². The van der Waals surface area contributed by atoms with Gasteiger partial charge >= 0.3 is 0 Å². The highest BCUT2D eigenvalue weighted by Gasteiger charge is 2.19. The van der Waals surface area contributed by atoms with E-state index in [0.717, 1.165) is 31.2 Å². The number of aryl methyl sites for hydroxylation is 1. The van der Waals surface area contributed by atoms with Gasteiger partial charge in [0.15, 0.2) is 0 Å². The van der Waals surface area contributed by atoms with E-state index in [2.05, 4.69) is 10.3 Å². The van der Waals surface area contributed by atoms with Gasteiger partial charge in [-0.3, -0.25) is 0 Å². The van der Waals surface area contributed by atoms with Crippen molar-refractivity contribution in [1.82, 2.24) is 15.0 Å². The predicted molar refractivity (Wildman–Crippen MR) is 38.1 cm³/mol. The average molecular weight is 151 g/mol. The fraction of sp³-hybridized carbons (Fsp3) is 0.571. The number of carbonyl (C=O) groups excluding carboxylic acids is 1. The predicted octanol–water partition coefficient (Wildman–Crippen LogP) is 0.354. The monoisotopic (exact) mass is 151 g/mol. The fourth-order valence-corrected chi connectivity index (χ4v) is 1.46. The molecule has 0 aliphatic carbocycles. The average Bonchev–Trinajstić information content (AvgIpc) is 2.50. The van der Waals surface area contributed by atoms with Gasteiger partial charge in [0, 0.05) is 0 Å². The maximum Gasteiger partial charge on any atom is 0.144 e. The van der Waals surface area contributed by atoms with Gasteiger partial charge in [-0.25, -0.2) is 4.68 Å². The first-order valence-corrected chi connectivity index (χ1v) is 3.76. The van der Waals surface area contributed by atoms with Crippen molar-refractivity contribution >= 4 is 6.29 Å². The molecule has 1 aliphatic rings. The van der Waals surface area contributed by atoms with Crippen LogP contribution >= 0.6 is 0 Å². The minimum absolute atomic E-state index is 0.0683. The minimum atomic E-state index is -0.0683. The Hall–Kier alpha value is -1.19. The van der Waals surface area contributed by atoms with Crippen LogP contribution in [0.15, 0.2) is 6.20 Å². The first-order valence-electron chi connectivity index (χ1n) is 3.76. The molecule has 1 unspecified atom stereocenters. The van der Waals surface area contributed by atoms with Crippen molar-refractivity contribution in [3.63, 3.8) is 0 Å². The third-order valence-electron chi connectivity index (χ3n) is 2.05. The van der Waals surface area contributed by atoms with E-state index in [1.807, 2.05) is 0 Å². The smallest absolute Gasteiger partial charge is 0.144 e. The normalized spacial score (nSPS) is 22.7. The van der Waals surface area contributed by atoms with Crippen LogP contribution in [0.25, 0.3) is 0 Å². The van der Waals surface area contributed by atoms with Crippen molar-refractivity contribution in [2.75, 3.05) is 0 Å². The van der Waals surface area contributed by atoms with Crippen molar-refractivity contribution in [3.8, 4) is 0 Å². The zero-order valence-corrected chi connectivity index (χ0v) is 6.10. The van der Waals surface area contributed by atoms with Gasteiger partial charge in [0.2, 0.25) is 0 Å². The molecule has 0 N–H and O–H groups in total. The summed E-state index contributed by atoms with van der Waals surface area (Å²) in [5, 5.41) is 7.60. The minimum Gasteiger partial charge on any atom is -0.301 e. The van der Waals surface area contributed by atoms with E-state index in [1.54, 1.807) is 10.9 Å². The molecule has 0 bridgehead atoms. The number of rotatable bonds is 1. The van der Waals surface area contributed by atoms with Crippen LogP contribution in [0.4, 0.5) is 0 Å². The van der Waals surface area contributed by atoms with Crippen LogP contribution in [-0.2, 0) is 11.2 Å². The maximum atomic E-state index is 10.5. The number of hydrogen-bond acceptors (Lipinski definition) is 3. The van der Waals surface area contributed by atoms with Crippen molar-refractivity contribution < 1.29 is 4.79 Å². The Morgan fingerprint density at radius 1 is 1.73 bits per heavy atom. The molecular weight excluding hydrogens is 142 g/mol. The number of fused-ring (bicyclic) bond motifs is 1. The lowest BCUT2D eigenvalue weighted by Crippen LogP contribution is -2.19. The molecule has 4 heteroatoms. The summed E-state index contributed by atoms with van der Waals surface area (Å²) in [6.07, 6.45) is 5.64. The molecule has 1 aromatic rings. The first kappa shape index (κ1) is 6.52. The van der Waals surface area contributed by atoms with E-state index < -0.39 is 0 Å². The Morgan fingerprint density at radius 3 is 3.45 bits per heavy atom. The molecule has 4 nitrogen and oxygen atoms in total. The largest absolute Gasteiger partial charge is 0.301 e. The molecule has 0 spiro atoms. The zero-order valence-electron chi connectivity index (χ0n) is 6.10. The van der Waals surface area contributed by atoms with Crippen LogP contribution < -0.4 is 0 Å². The van der Waals surface area contributed by atoms with E-state index in [0.29, 0.717) is 0 Å². The molecule has 0 aromatic carbocycles. The standard InChI is InChI=1S/C7H9N3O/c11-5-7-3-1-2-6-4-8-9-10(6)7/h4-5,7H,1-3H2. The molecule has 2 heterocycles. The maximum absolute atomic E-state index is 10.5. The van der Waals surface area contributed by atoms with E-state index in [-0.39, 0.29) is 6.04 Å². The molecule has 1 aliphatic heterocycles. The quantitative estimate of drug-likeness (QED) is 0.544. The van der Waals surface area contributed by atoms with Crippen LogP contribution in [0.3, 0.4) is 0 Å². The van der Waals surface area contributed by atoms with Gasteiger partial charge in [-0.15, -0.1) is 5.10 Å². The van der Waals surface area contributed by atoms with Crippen molar-refractivity contribution in [1.29, 1.82) is 0 Å².